The first-order valence-electron chi connectivity index (χ1n) is 10.3. The van der Waals surface area contributed by atoms with Crippen LogP contribution in [0.4, 0.5) is 11.5 Å². The summed E-state index contributed by atoms with van der Waals surface area (Å²) in [5.41, 5.74) is 2.53. The number of aryl methyl sites for hydroxylation is 1. The number of hydrogen-bond donors (Lipinski definition) is 2. The number of nitrogens with one attached hydrogen (secondary N) is 2. The maximum absolute atomic E-state index is 12.6. The summed E-state index contributed by atoms with van der Waals surface area (Å²) in [7, 11) is 0. The van der Waals surface area contributed by atoms with Gasteiger partial charge in [0.15, 0.2) is 0 Å². The molecule has 1 amide bonds. The molecule has 2 aliphatic rings. The van der Waals surface area contributed by atoms with Crippen LogP contribution in [-0.4, -0.2) is 51.2 Å². The van der Waals surface area contributed by atoms with Gasteiger partial charge in [-0.15, -0.1) is 0 Å². The predicted molar refractivity (Wildman–Crippen MR) is 116 cm³/mol. The second-order valence-electron chi connectivity index (χ2n) is 8.19. The van der Waals surface area contributed by atoms with Gasteiger partial charge in [-0.1, -0.05) is 11.6 Å². The van der Waals surface area contributed by atoms with Crippen LogP contribution in [0.5, 0.6) is 0 Å². The van der Waals surface area contributed by atoms with Gasteiger partial charge in [0.1, 0.15) is 16.7 Å². The van der Waals surface area contributed by atoms with Crippen LogP contribution in [0.1, 0.15) is 35.4 Å². The Labute approximate surface area is 179 Å². The van der Waals surface area contributed by atoms with Crippen molar-refractivity contribution in [3.05, 3.63) is 47.1 Å². The third kappa shape index (κ3) is 4.11. The quantitative estimate of drug-likeness (QED) is 0.590. The minimum Gasteiger partial charge on any atom is -0.355 e. The molecule has 156 valence electrons. The summed E-state index contributed by atoms with van der Waals surface area (Å²) in [6, 6.07) is 6.14. The summed E-state index contributed by atoms with van der Waals surface area (Å²) in [6.07, 6.45) is 6.99. The molecule has 30 heavy (non-hydrogen) atoms. The lowest BCUT2D eigenvalue weighted by molar-refractivity contribution is 0.102. The maximum atomic E-state index is 12.6. The largest absolute Gasteiger partial charge is 0.355 e. The standard InChI is InChI=1S/C21H24ClN7O/c1-13-6-17-7-16(8-19(22)29(17)27-13)26-21(30)18-10-25-20(11-24-18)28-5-4-14(12-28)9-23-15-2-3-15/h6-8,10-11,14-15,23H,2-5,9,12H2,1H3,(H,26,30)/t14-/m0/s1. The van der Waals surface area contributed by atoms with E-state index in [9.17, 15) is 4.79 Å². The predicted octanol–water partition coefficient (Wildman–Crippen LogP) is 2.92. The molecule has 1 saturated heterocycles. The SMILES string of the molecule is Cc1cc2cc(NC(=O)c3cnc(N4CC[C@@H](CNC5CC5)C4)cn3)cc(Cl)n2n1. The minimum atomic E-state index is -0.321. The van der Waals surface area contributed by atoms with Crippen LogP contribution in [0.3, 0.4) is 0 Å². The van der Waals surface area contributed by atoms with Gasteiger partial charge in [0.25, 0.3) is 5.91 Å². The number of nitrogens with zero attached hydrogens (tertiary/aromatic N) is 5. The van der Waals surface area contributed by atoms with Crippen molar-refractivity contribution in [3.8, 4) is 0 Å². The van der Waals surface area contributed by atoms with Crippen molar-refractivity contribution in [1.29, 1.82) is 0 Å². The first-order valence-corrected chi connectivity index (χ1v) is 10.7. The molecule has 3 aromatic heterocycles. The summed E-state index contributed by atoms with van der Waals surface area (Å²) in [5, 5.41) is 11.2. The van der Waals surface area contributed by atoms with E-state index in [1.165, 1.54) is 19.0 Å². The van der Waals surface area contributed by atoms with E-state index in [4.69, 9.17) is 11.6 Å². The maximum Gasteiger partial charge on any atom is 0.275 e. The molecule has 2 fully saturated rings. The number of rotatable bonds is 6. The van der Waals surface area contributed by atoms with E-state index in [1.807, 2.05) is 19.1 Å². The van der Waals surface area contributed by atoms with Crippen LogP contribution < -0.4 is 15.5 Å². The molecule has 0 unspecified atom stereocenters. The van der Waals surface area contributed by atoms with Gasteiger partial charge in [0.2, 0.25) is 0 Å². The van der Waals surface area contributed by atoms with Gasteiger partial charge in [-0.3, -0.25) is 4.79 Å². The molecule has 0 spiro atoms. The summed E-state index contributed by atoms with van der Waals surface area (Å²) < 4.78 is 1.63. The lowest BCUT2D eigenvalue weighted by Gasteiger charge is -2.17. The molecule has 9 heteroatoms. The average molecular weight is 426 g/mol. The summed E-state index contributed by atoms with van der Waals surface area (Å²) in [4.78, 5) is 23.7. The molecule has 3 aromatic rings. The molecule has 1 atom stereocenters. The summed E-state index contributed by atoms with van der Waals surface area (Å²) >= 11 is 6.26. The molecule has 1 aliphatic carbocycles. The van der Waals surface area contributed by atoms with Crippen LogP contribution in [-0.2, 0) is 0 Å². The van der Waals surface area contributed by atoms with E-state index >= 15 is 0 Å². The second kappa shape index (κ2) is 7.85. The number of halogens is 1. The Hall–Kier alpha value is -2.71. The molecule has 8 nitrogen and oxygen atoms in total. The molecular weight excluding hydrogens is 402 g/mol. The van der Waals surface area contributed by atoms with Crippen molar-refractivity contribution in [1.82, 2.24) is 24.9 Å². The number of amides is 1. The van der Waals surface area contributed by atoms with Crippen molar-refractivity contribution < 1.29 is 4.79 Å². The van der Waals surface area contributed by atoms with Crippen LogP contribution in [0, 0.1) is 12.8 Å². The first kappa shape index (κ1) is 19.3. The van der Waals surface area contributed by atoms with Crippen molar-refractivity contribution in [2.45, 2.75) is 32.2 Å². The fourth-order valence-electron chi connectivity index (χ4n) is 3.88. The third-order valence-corrected chi connectivity index (χ3v) is 5.92. The van der Waals surface area contributed by atoms with Crippen molar-refractivity contribution in [2.75, 3.05) is 29.9 Å². The number of fused-ring (bicyclic) bond motifs is 1. The highest BCUT2D eigenvalue weighted by Gasteiger charge is 2.27. The number of hydrogen-bond acceptors (Lipinski definition) is 6. The Kier molecular flexibility index (Phi) is 5.04. The van der Waals surface area contributed by atoms with Gasteiger partial charge >= 0.3 is 0 Å². The van der Waals surface area contributed by atoms with Crippen LogP contribution in [0.25, 0.3) is 5.52 Å². The third-order valence-electron chi connectivity index (χ3n) is 5.65. The number of carbonyl (C=O) groups excluding carboxylic acids is 1. The second-order valence-corrected chi connectivity index (χ2v) is 8.57. The zero-order chi connectivity index (χ0) is 20.7. The van der Waals surface area contributed by atoms with E-state index < -0.39 is 0 Å². The van der Waals surface area contributed by atoms with Crippen molar-refractivity contribution >= 4 is 34.5 Å². The normalized spacial score (nSPS) is 18.9. The van der Waals surface area contributed by atoms with E-state index in [2.05, 4.69) is 30.6 Å². The zero-order valence-electron chi connectivity index (χ0n) is 16.8. The smallest absolute Gasteiger partial charge is 0.275 e. The van der Waals surface area contributed by atoms with E-state index in [0.717, 1.165) is 49.1 Å². The molecule has 4 heterocycles. The van der Waals surface area contributed by atoms with Gasteiger partial charge in [0.05, 0.1) is 23.6 Å². The highest BCUT2D eigenvalue weighted by Crippen LogP contribution is 2.24. The molecule has 2 N–H and O–H groups in total. The van der Waals surface area contributed by atoms with E-state index in [-0.39, 0.29) is 11.6 Å². The monoisotopic (exact) mass is 425 g/mol. The van der Waals surface area contributed by atoms with Crippen LogP contribution >= 0.6 is 11.6 Å². The van der Waals surface area contributed by atoms with Crippen molar-refractivity contribution in [2.24, 2.45) is 5.92 Å². The van der Waals surface area contributed by atoms with Gasteiger partial charge in [-0.25, -0.2) is 14.5 Å². The van der Waals surface area contributed by atoms with E-state index in [0.29, 0.717) is 16.8 Å². The molecular formula is C21H24ClN7O. The lowest BCUT2D eigenvalue weighted by atomic mass is 10.1. The Bertz CT molecular complexity index is 1080. The molecule has 5 rings (SSSR count). The molecule has 1 aliphatic heterocycles. The Morgan fingerprint density at radius 2 is 2.07 bits per heavy atom. The summed E-state index contributed by atoms with van der Waals surface area (Å²) in [6.45, 7) is 4.91. The first-order chi connectivity index (χ1) is 14.5. The lowest BCUT2D eigenvalue weighted by Crippen LogP contribution is -2.28. The highest BCUT2D eigenvalue weighted by atomic mass is 35.5. The van der Waals surface area contributed by atoms with Gasteiger partial charge in [-0.2, -0.15) is 5.10 Å². The minimum absolute atomic E-state index is 0.269. The number of aromatic nitrogens is 4. The Balaban J connectivity index is 1.22. The molecule has 1 saturated carbocycles. The number of carbonyl (C=O) groups is 1. The number of pyridine rings is 1. The molecule has 0 bridgehead atoms. The zero-order valence-corrected chi connectivity index (χ0v) is 17.6. The summed E-state index contributed by atoms with van der Waals surface area (Å²) in [5.74, 6) is 1.14. The topological polar surface area (TPSA) is 87.5 Å². The highest BCUT2D eigenvalue weighted by molar-refractivity contribution is 6.30. The van der Waals surface area contributed by atoms with Gasteiger partial charge < -0.3 is 15.5 Å². The van der Waals surface area contributed by atoms with E-state index in [1.54, 1.807) is 16.8 Å². The fraction of sp³-hybridized carbons (Fsp3) is 0.429. The number of anilines is 2. The van der Waals surface area contributed by atoms with Crippen LogP contribution in [0.15, 0.2) is 30.6 Å². The fourth-order valence-corrected chi connectivity index (χ4v) is 4.13. The molecule has 0 radical (unpaired) electrons. The van der Waals surface area contributed by atoms with Crippen LogP contribution in [0.2, 0.25) is 5.15 Å². The Morgan fingerprint density at radius 3 is 2.83 bits per heavy atom. The average Bonchev–Trinajstić information content (AvgIpc) is 3.30. The Morgan fingerprint density at radius 1 is 1.20 bits per heavy atom. The van der Waals surface area contributed by atoms with Gasteiger partial charge in [0, 0.05) is 24.8 Å². The van der Waals surface area contributed by atoms with Crippen molar-refractivity contribution in [3.63, 3.8) is 0 Å². The van der Waals surface area contributed by atoms with Gasteiger partial charge in [-0.05, 0) is 56.8 Å². The molecule has 0 aromatic carbocycles.